The summed E-state index contributed by atoms with van der Waals surface area (Å²) in [6.45, 7) is 0. The van der Waals surface area contributed by atoms with Crippen molar-refractivity contribution in [3.63, 3.8) is 0 Å². The highest BCUT2D eigenvalue weighted by molar-refractivity contribution is 8.00. The Balaban J connectivity index is 1.27. The summed E-state index contributed by atoms with van der Waals surface area (Å²) in [4.78, 5) is 46.2. The van der Waals surface area contributed by atoms with Crippen LogP contribution in [0.1, 0.15) is 26.7 Å². The number of hydrogen-bond donors (Lipinski definition) is 3. The quantitative estimate of drug-likeness (QED) is 0.0802. The highest BCUT2D eigenvalue weighted by atomic mass is 32.2. The number of anilines is 2. The van der Waals surface area contributed by atoms with Gasteiger partial charge in [0, 0.05) is 16.1 Å². The van der Waals surface area contributed by atoms with Crippen molar-refractivity contribution in [1.29, 1.82) is 0 Å². The molecule has 5 aromatic carbocycles. The van der Waals surface area contributed by atoms with Gasteiger partial charge in [0.2, 0.25) is 11.7 Å². The lowest BCUT2D eigenvalue weighted by Gasteiger charge is -2.17. The number of thiazole rings is 1. The number of hydrogen-bond acceptors (Lipinski definition) is 9. The summed E-state index contributed by atoms with van der Waals surface area (Å²) in [7, 11) is 4.49. The first-order valence-corrected chi connectivity index (χ1v) is 17.7. The van der Waals surface area contributed by atoms with Gasteiger partial charge in [-0.3, -0.25) is 14.4 Å². The van der Waals surface area contributed by atoms with Crippen LogP contribution in [0.25, 0.3) is 16.3 Å². The first-order valence-electron chi connectivity index (χ1n) is 16.0. The van der Waals surface area contributed by atoms with Gasteiger partial charge in [-0.15, -0.1) is 11.8 Å². The molecule has 1 atom stereocenters. The molecule has 262 valence electrons. The van der Waals surface area contributed by atoms with Crippen molar-refractivity contribution in [3.05, 3.63) is 144 Å². The average Bonchev–Trinajstić information content (AvgIpc) is 3.59. The number of nitrogens with zero attached hydrogens (tertiary/aromatic N) is 1. The molecule has 0 aliphatic rings. The van der Waals surface area contributed by atoms with Crippen LogP contribution in [0, 0.1) is 0 Å². The van der Waals surface area contributed by atoms with E-state index in [4.69, 9.17) is 14.2 Å². The highest BCUT2D eigenvalue weighted by Gasteiger charge is 2.24. The summed E-state index contributed by atoms with van der Waals surface area (Å²) >= 11 is 2.75. The zero-order valence-corrected chi connectivity index (χ0v) is 30.0. The fourth-order valence-electron chi connectivity index (χ4n) is 5.27. The molecule has 0 spiro atoms. The van der Waals surface area contributed by atoms with Gasteiger partial charge in [-0.1, -0.05) is 78.1 Å². The monoisotopic (exact) mass is 730 g/mol. The SMILES string of the molecule is COc1cc(/C=C(/NC(=O)c2ccccc2)C(=O)Nc2cccc(SC(C(=O)Nc3nc4ccccc4s3)c3ccccc3)c2)cc(OC)c1OC. The number of aromatic nitrogens is 1. The number of benzene rings is 5. The maximum absolute atomic E-state index is 13.9. The molecule has 1 unspecified atom stereocenters. The lowest BCUT2D eigenvalue weighted by Crippen LogP contribution is -2.30. The second kappa shape index (κ2) is 16.7. The predicted molar refractivity (Wildman–Crippen MR) is 206 cm³/mol. The predicted octanol–water partition coefficient (Wildman–Crippen LogP) is 8.20. The number of carbonyl (C=O) groups excluding carboxylic acids is 3. The van der Waals surface area contributed by atoms with Gasteiger partial charge in [-0.25, -0.2) is 4.98 Å². The van der Waals surface area contributed by atoms with Crippen LogP contribution >= 0.6 is 23.1 Å². The van der Waals surface area contributed by atoms with Crippen LogP contribution in [0.15, 0.2) is 132 Å². The topological polar surface area (TPSA) is 128 Å². The Kier molecular flexibility index (Phi) is 11.5. The molecule has 0 saturated carbocycles. The van der Waals surface area contributed by atoms with Crippen LogP contribution in [-0.2, 0) is 9.59 Å². The standard InChI is InChI=1S/C40H34N4O6S2/c1-48-32-22-25(23-33(49-2)35(32)50-3)21-31(42-37(45)27-15-8-5-9-16-27)38(46)41-28-17-12-18-29(24-28)51-36(26-13-6-4-7-14-26)39(47)44-40-43-30-19-10-11-20-34(30)52-40/h4-24,36H,1-3H3,(H,41,46)(H,42,45)(H,43,44,47)/b31-21+. The van der Waals surface area contributed by atoms with Crippen LogP contribution in [0.2, 0.25) is 0 Å². The fraction of sp³-hybridized carbons (Fsp3) is 0.100. The number of carbonyl (C=O) groups is 3. The number of methoxy groups -OCH3 is 3. The summed E-state index contributed by atoms with van der Waals surface area (Å²) in [5, 5.41) is 8.54. The molecule has 3 amide bonds. The van der Waals surface area contributed by atoms with E-state index in [9.17, 15) is 14.4 Å². The van der Waals surface area contributed by atoms with E-state index in [-0.39, 0.29) is 11.6 Å². The zero-order chi connectivity index (χ0) is 36.5. The molecule has 12 heteroatoms. The minimum Gasteiger partial charge on any atom is -0.493 e. The van der Waals surface area contributed by atoms with Crippen molar-refractivity contribution < 1.29 is 28.6 Å². The Bertz CT molecular complexity index is 2180. The number of thioether (sulfide) groups is 1. The molecule has 3 N–H and O–H groups in total. The number of nitrogens with one attached hydrogen (secondary N) is 3. The van der Waals surface area contributed by atoms with Crippen molar-refractivity contribution in [2.45, 2.75) is 10.1 Å². The van der Waals surface area contributed by atoms with Crippen molar-refractivity contribution in [1.82, 2.24) is 10.3 Å². The second-order valence-corrected chi connectivity index (χ2v) is 13.4. The summed E-state index contributed by atoms with van der Waals surface area (Å²) in [6.07, 6.45) is 1.52. The minimum atomic E-state index is -0.625. The molecule has 0 aliphatic carbocycles. The van der Waals surface area contributed by atoms with Crippen LogP contribution in [0.5, 0.6) is 17.2 Å². The maximum atomic E-state index is 13.9. The normalized spacial score (nSPS) is 11.7. The minimum absolute atomic E-state index is 0.0291. The molecule has 0 saturated heterocycles. The summed E-state index contributed by atoms with van der Waals surface area (Å²) in [6, 6.07) is 36.3. The third-order valence-corrected chi connectivity index (χ3v) is 9.94. The molecule has 1 aromatic heterocycles. The fourth-order valence-corrected chi connectivity index (χ4v) is 7.23. The van der Waals surface area contributed by atoms with E-state index in [0.717, 1.165) is 20.7 Å². The van der Waals surface area contributed by atoms with Gasteiger partial charge >= 0.3 is 0 Å². The van der Waals surface area contributed by atoms with E-state index in [1.165, 1.54) is 50.5 Å². The Morgan fingerprint density at radius 3 is 2.10 bits per heavy atom. The number of ether oxygens (including phenoxy) is 3. The van der Waals surface area contributed by atoms with Gasteiger partial charge in [-0.05, 0) is 71.8 Å². The van der Waals surface area contributed by atoms with Gasteiger partial charge in [-0.2, -0.15) is 0 Å². The van der Waals surface area contributed by atoms with Crippen molar-refractivity contribution in [3.8, 4) is 17.2 Å². The van der Waals surface area contributed by atoms with E-state index < -0.39 is 17.1 Å². The molecule has 0 bridgehead atoms. The van der Waals surface area contributed by atoms with Crippen LogP contribution < -0.4 is 30.2 Å². The highest BCUT2D eigenvalue weighted by Crippen LogP contribution is 2.40. The Labute approximate surface area is 308 Å². The zero-order valence-electron chi connectivity index (χ0n) is 28.4. The lowest BCUT2D eigenvalue weighted by atomic mass is 10.1. The van der Waals surface area contributed by atoms with Crippen molar-refractivity contribution in [2.24, 2.45) is 0 Å². The van der Waals surface area contributed by atoms with Gasteiger partial charge in [0.05, 0.1) is 31.5 Å². The third-order valence-electron chi connectivity index (χ3n) is 7.74. The first-order chi connectivity index (χ1) is 25.3. The summed E-state index contributed by atoms with van der Waals surface area (Å²) in [5.41, 5.74) is 2.94. The van der Waals surface area contributed by atoms with Crippen LogP contribution in [0.3, 0.4) is 0 Å². The number of rotatable bonds is 13. The number of para-hydroxylation sites is 1. The van der Waals surface area contributed by atoms with E-state index in [0.29, 0.717) is 39.2 Å². The molecule has 1 heterocycles. The molecule has 0 aliphatic heterocycles. The largest absolute Gasteiger partial charge is 0.493 e. The maximum Gasteiger partial charge on any atom is 0.272 e. The van der Waals surface area contributed by atoms with Gasteiger partial charge in [0.15, 0.2) is 16.6 Å². The van der Waals surface area contributed by atoms with Crippen molar-refractivity contribution in [2.75, 3.05) is 32.0 Å². The van der Waals surface area contributed by atoms with E-state index in [2.05, 4.69) is 20.9 Å². The van der Waals surface area contributed by atoms with Crippen molar-refractivity contribution >= 4 is 67.9 Å². The van der Waals surface area contributed by atoms with E-state index in [1.807, 2.05) is 60.7 Å². The molecule has 6 aromatic rings. The molecule has 10 nitrogen and oxygen atoms in total. The van der Waals surface area contributed by atoms with Gasteiger partial charge in [0.1, 0.15) is 10.9 Å². The Morgan fingerprint density at radius 1 is 0.750 bits per heavy atom. The van der Waals surface area contributed by atoms with Gasteiger partial charge in [0.25, 0.3) is 11.8 Å². The number of fused-ring (bicyclic) bond motifs is 1. The lowest BCUT2D eigenvalue weighted by molar-refractivity contribution is -0.116. The first kappa shape index (κ1) is 35.7. The molecule has 0 radical (unpaired) electrons. The Hall–Kier alpha value is -6.11. The summed E-state index contributed by atoms with van der Waals surface area (Å²) in [5.74, 6) is -0.126. The molecule has 6 rings (SSSR count). The average molecular weight is 731 g/mol. The smallest absolute Gasteiger partial charge is 0.272 e. The Morgan fingerprint density at radius 2 is 1.42 bits per heavy atom. The molecule has 0 fully saturated rings. The van der Waals surface area contributed by atoms with Crippen LogP contribution in [0.4, 0.5) is 10.8 Å². The molecule has 52 heavy (non-hydrogen) atoms. The second-order valence-electron chi connectivity index (χ2n) is 11.2. The third kappa shape index (κ3) is 8.60. The number of amides is 3. The van der Waals surface area contributed by atoms with E-state index in [1.54, 1.807) is 60.7 Å². The molecular formula is C40H34N4O6S2. The molecular weight excluding hydrogens is 697 g/mol. The van der Waals surface area contributed by atoms with Crippen LogP contribution in [-0.4, -0.2) is 44.0 Å². The van der Waals surface area contributed by atoms with Gasteiger partial charge < -0.3 is 30.2 Å². The summed E-state index contributed by atoms with van der Waals surface area (Å²) < 4.78 is 17.4. The van der Waals surface area contributed by atoms with E-state index >= 15 is 0 Å².